The van der Waals surface area contributed by atoms with Crippen molar-refractivity contribution in [3.8, 4) is 11.8 Å². The number of nitrogen functional groups attached to an aromatic ring is 2. The Balaban J connectivity index is 2.17. The largest absolute Gasteiger partial charge is 0.382 e. The lowest BCUT2D eigenvalue weighted by atomic mass is 10.1. The Morgan fingerprint density at radius 1 is 1.11 bits per heavy atom. The Hall–Kier alpha value is -4.73. The number of nitrogens with zero attached hydrogens (tertiary/aromatic N) is 6. The molecule has 0 radical (unpaired) electrons. The minimum absolute atomic E-state index is 0.00879. The van der Waals surface area contributed by atoms with Gasteiger partial charge in [0.2, 0.25) is 11.9 Å². The van der Waals surface area contributed by atoms with Crippen LogP contribution in [-0.4, -0.2) is 26.1 Å². The molecule has 178 valence electrons. The minimum Gasteiger partial charge on any atom is -0.382 e. The van der Waals surface area contributed by atoms with Crippen molar-refractivity contribution in [2.24, 2.45) is 0 Å². The minimum atomic E-state index is -3.02. The van der Waals surface area contributed by atoms with Crippen molar-refractivity contribution in [1.82, 2.24) is 19.5 Å². The van der Waals surface area contributed by atoms with Crippen LogP contribution >= 0.6 is 0 Å². The number of rotatable bonds is 5. The molecular formula is C22H16F4N8O. The number of alkyl halides is 2. The number of hydrogen-bond acceptors (Lipinski definition) is 8. The van der Waals surface area contributed by atoms with Crippen molar-refractivity contribution in [2.45, 2.75) is 13.3 Å². The maximum Gasteiger partial charge on any atom is 0.267 e. The van der Waals surface area contributed by atoms with Gasteiger partial charge in [-0.3, -0.25) is 9.69 Å². The molecule has 0 atom stereocenters. The van der Waals surface area contributed by atoms with Gasteiger partial charge in [0.05, 0.1) is 16.6 Å². The highest BCUT2D eigenvalue weighted by Crippen LogP contribution is 2.32. The molecule has 0 saturated heterocycles. The fraction of sp³-hybridized carbons (Fsp3) is 0.136. The smallest absolute Gasteiger partial charge is 0.267 e. The molecule has 13 heteroatoms. The van der Waals surface area contributed by atoms with Crippen molar-refractivity contribution < 1.29 is 17.6 Å². The standard InChI is InChI=1S/C22H16F4N8O/c1-2-33(19-14(9-27)18(28)31-21(29)32-19)22-30-15-5-3-4-13(17(25)26)16(15)20(35)34(22)12-7-10(23)6-11(24)8-12/h3-8,17H,2H2,1H3,(H4,28,29,31,32). The number of fused-ring (bicyclic) bond motifs is 1. The first-order chi connectivity index (χ1) is 16.7. The molecule has 0 bridgehead atoms. The maximum absolute atomic E-state index is 14.1. The second-order valence-corrected chi connectivity index (χ2v) is 7.24. The van der Waals surface area contributed by atoms with Gasteiger partial charge < -0.3 is 11.5 Å². The summed E-state index contributed by atoms with van der Waals surface area (Å²) in [5, 5.41) is 9.18. The fourth-order valence-electron chi connectivity index (χ4n) is 3.68. The maximum atomic E-state index is 14.1. The van der Waals surface area contributed by atoms with Crippen LogP contribution in [0.1, 0.15) is 24.5 Å². The average Bonchev–Trinajstić information content (AvgIpc) is 2.78. The summed E-state index contributed by atoms with van der Waals surface area (Å²) in [6.45, 7) is 1.62. The molecule has 4 rings (SSSR count). The molecule has 35 heavy (non-hydrogen) atoms. The lowest BCUT2D eigenvalue weighted by Crippen LogP contribution is -2.31. The highest BCUT2D eigenvalue weighted by Gasteiger charge is 2.26. The van der Waals surface area contributed by atoms with Crippen LogP contribution in [0.15, 0.2) is 41.2 Å². The van der Waals surface area contributed by atoms with Gasteiger partial charge in [-0.2, -0.15) is 15.2 Å². The summed E-state index contributed by atoms with van der Waals surface area (Å²) in [4.78, 5) is 27.0. The summed E-state index contributed by atoms with van der Waals surface area (Å²) in [5.74, 6) is -2.98. The van der Waals surface area contributed by atoms with E-state index >= 15 is 0 Å². The van der Waals surface area contributed by atoms with Crippen LogP contribution in [-0.2, 0) is 0 Å². The van der Waals surface area contributed by atoms with E-state index in [1.165, 1.54) is 17.0 Å². The highest BCUT2D eigenvalue weighted by atomic mass is 19.3. The average molecular weight is 484 g/mol. The van der Waals surface area contributed by atoms with E-state index in [4.69, 9.17) is 11.5 Å². The van der Waals surface area contributed by atoms with Gasteiger partial charge in [-0.1, -0.05) is 12.1 Å². The lowest BCUT2D eigenvalue weighted by molar-refractivity contribution is 0.153. The van der Waals surface area contributed by atoms with Gasteiger partial charge in [-0.05, 0) is 25.1 Å². The normalized spacial score (nSPS) is 11.1. The molecule has 2 aromatic heterocycles. The predicted molar refractivity (Wildman–Crippen MR) is 120 cm³/mol. The monoisotopic (exact) mass is 484 g/mol. The molecule has 0 unspecified atom stereocenters. The third kappa shape index (κ3) is 4.05. The molecule has 2 heterocycles. The molecule has 0 fully saturated rings. The zero-order valence-corrected chi connectivity index (χ0v) is 18.0. The van der Waals surface area contributed by atoms with Crippen molar-refractivity contribution in [1.29, 1.82) is 5.26 Å². The number of anilines is 4. The van der Waals surface area contributed by atoms with Crippen molar-refractivity contribution in [3.63, 3.8) is 0 Å². The molecule has 0 spiro atoms. The SMILES string of the molecule is CCN(c1nc(N)nc(N)c1C#N)c1nc2cccc(C(F)F)c2c(=O)n1-c1cc(F)cc(F)c1. The summed E-state index contributed by atoms with van der Waals surface area (Å²) in [6, 6.07) is 7.81. The second-order valence-electron chi connectivity index (χ2n) is 7.24. The fourth-order valence-corrected chi connectivity index (χ4v) is 3.68. The first-order valence-electron chi connectivity index (χ1n) is 10.1. The zero-order chi connectivity index (χ0) is 25.4. The molecule has 0 amide bonds. The topological polar surface area (TPSA) is 140 Å². The first kappa shape index (κ1) is 23.4. The van der Waals surface area contributed by atoms with E-state index in [2.05, 4.69) is 15.0 Å². The molecule has 0 aliphatic carbocycles. The van der Waals surface area contributed by atoms with E-state index in [1.54, 1.807) is 6.92 Å². The molecule has 2 aromatic carbocycles. The van der Waals surface area contributed by atoms with Gasteiger partial charge in [-0.25, -0.2) is 27.1 Å². The Bertz CT molecular complexity index is 1540. The van der Waals surface area contributed by atoms with E-state index in [-0.39, 0.29) is 46.8 Å². The van der Waals surface area contributed by atoms with Gasteiger partial charge in [-0.15, -0.1) is 0 Å². The van der Waals surface area contributed by atoms with Gasteiger partial charge >= 0.3 is 0 Å². The molecule has 9 nitrogen and oxygen atoms in total. The zero-order valence-electron chi connectivity index (χ0n) is 18.0. The van der Waals surface area contributed by atoms with E-state index in [1.807, 2.05) is 6.07 Å². The number of nitriles is 1. The molecule has 0 aliphatic heterocycles. The molecule has 0 saturated carbocycles. The van der Waals surface area contributed by atoms with Crippen molar-refractivity contribution >= 4 is 34.4 Å². The third-order valence-electron chi connectivity index (χ3n) is 5.11. The van der Waals surface area contributed by atoms with Gasteiger partial charge in [0.25, 0.3) is 12.0 Å². The third-order valence-corrected chi connectivity index (χ3v) is 5.11. The summed E-state index contributed by atoms with van der Waals surface area (Å²) in [7, 11) is 0. The van der Waals surface area contributed by atoms with Crippen molar-refractivity contribution in [2.75, 3.05) is 22.9 Å². The van der Waals surface area contributed by atoms with E-state index in [0.29, 0.717) is 6.07 Å². The lowest BCUT2D eigenvalue weighted by Gasteiger charge is -2.26. The highest BCUT2D eigenvalue weighted by molar-refractivity contribution is 5.84. The Morgan fingerprint density at radius 2 is 1.80 bits per heavy atom. The first-order valence-corrected chi connectivity index (χ1v) is 10.1. The van der Waals surface area contributed by atoms with Crippen LogP contribution in [0, 0.1) is 23.0 Å². The number of hydrogen-bond donors (Lipinski definition) is 2. The molecule has 4 aromatic rings. The van der Waals surface area contributed by atoms with Crippen LogP contribution in [0.25, 0.3) is 16.6 Å². The summed E-state index contributed by atoms with van der Waals surface area (Å²) < 4.78 is 56.5. The van der Waals surface area contributed by atoms with Crippen LogP contribution < -0.4 is 21.9 Å². The van der Waals surface area contributed by atoms with Gasteiger partial charge in [0.1, 0.15) is 29.1 Å². The van der Waals surface area contributed by atoms with Gasteiger partial charge in [0.15, 0.2) is 5.82 Å². The summed E-state index contributed by atoms with van der Waals surface area (Å²) in [5.41, 5.74) is 9.27. The number of nitrogens with two attached hydrogens (primary N) is 2. The molecule has 0 aliphatic rings. The number of benzene rings is 2. The van der Waals surface area contributed by atoms with Gasteiger partial charge in [0, 0.05) is 18.2 Å². The van der Waals surface area contributed by atoms with Crippen LogP contribution in [0.5, 0.6) is 0 Å². The molecular weight excluding hydrogens is 468 g/mol. The Labute approximate surface area is 194 Å². The Kier molecular flexibility index (Phi) is 5.96. The molecule has 4 N–H and O–H groups in total. The van der Waals surface area contributed by atoms with E-state index in [0.717, 1.165) is 22.8 Å². The van der Waals surface area contributed by atoms with Crippen molar-refractivity contribution in [3.05, 3.63) is 69.5 Å². The predicted octanol–water partition coefficient (Wildman–Crippen LogP) is 3.59. The second kappa shape index (κ2) is 8.90. The number of aromatic nitrogens is 4. The Morgan fingerprint density at radius 3 is 2.40 bits per heavy atom. The van der Waals surface area contributed by atoms with Crippen LogP contribution in [0.3, 0.4) is 0 Å². The quantitative estimate of drug-likeness (QED) is 0.410. The van der Waals surface area contributed by atoms with E-state index < -0.39 is 34.6 Å². The van der Waals surface area contributed by atoms with Crippen LogP contribution in [0.2, 0.25) is 0 Å². The number of halogens is 4. The van der Waals surface area contributed by atoms with E-state index in [9.17, 15) is 27.6 Å². The summed E-state index contributed by atoms with van der Waals surface area (Å²) >= 11 is 0. The van der Waals surface area contributed by atoms with Crippen LogP contribution in [0.4, 0.5) is 41.1 Å². The summed E-state index contributed by atoms with van der Waals surface area (Å²) in [6.07, 6.45) is -3.02.